The predicted octanol–water partition coefficient (Wildman–Crippen LogP) is 5.08. The van der Waals surface area contributed by atoms with E-state index in [1.807, 2.05) is 36.0 Å². The molecule has 2 heterocycles. The summed E-state index contributed by atoms with van der Waals surface area (Å²) in [6, 6.07) is 7.56. The number of rotatable bonds is 6. The van der Waals surface area contributed by atoms with Crippen molar-refractivity contribution in [2.45, 2.75) is 51.1 Å². The summed E-state index contributed by atoms with van der Waals surface area (Å²) in [6.45, 7) is 10.8. The molecule has 2 saturated heterocycles. The van der Waals surface area contributed by atoms with E-state index in [0.29, 0.717) is 12.7 Å². The molecule has 3 rings (SSSR count). The lowest BCUT2D eigenvalue weighted by molar-refractivity contribution is -0.0857. The molecule has 140 valence electrons. The molecule has 2 unspecified atom stereocenters. The van der Waals surface area contributed by atoms with Crippen LogP contribution in [0.5, 0.6) is 5.75 Å². The van der Waals surface area contributed by atoms with Crippen molar-refractivity contribution in [2.24, 2.45) is 5.41 Å². The third kappa shape index (κ3) is 4.85. The molecule has 0 N–H and O–H groups in total. The molecular weight excluding hydrogens is 354 g/mol. The molecule has 0 spiro atoms. The standard InChI is InChI=1S/C20H30ClNO2S/c1-19(2,15-23-17-9-7-16(21)8-10-17)20(3)24-18(14-25-20)13-22-11-5-4-6-12-22/h7-10,18H,4-6,11-15H2,1-3H3. The molecule has 2 aliphatic rings. The lowest BCUT2D eigenvalue weighted by Gasteiger charge is -2.40. The van der Waals surface area contributed by atoms with Gasteiger partial charge in [-0.1, -0.05) is 31.9 Å². The largest absolute Gasteiger partial charge is 0.493 e. The third-order valence-corrected chi connectivity index (χ3v) is 7.48. The first kappa shape index (κ1) is 19.3. The normalized spacial score (nSPS) is 28.2. The number of benzene rings is 1. The van der Waals surface area contributed by atoms with Crippen molar-refractivity contribution < 1.29 is 9.47 Å². The van der Waals surface area contributed by atoms with Gasteiger partial charge in [-0.05, 0) is 57.1 Å². The Morgan fingerprint density at radius 1 is 1.24 bits per heavy atom. The van der Waals surface area contributed by atoms with Gasteiger partial charge in [0.05, 0.1) is 12.7 Å². The number of halogens is 1. The van der Waals surface area contributed by atoms with Crippen LogP contribution in [0.15, 0.2) is 24.3 Å². The van der Waals surface area contributed by atoms with Gasteiger partial charge in [0.1, 0.15) is 10.7 Å². The van der Waals surface area contributed by atoms with E-state index in [2.05, 4.69) is 25.7 Å². The Bertz CT molecular complexity index is 559. The molecule has 0 bridgehead atoms. The van der Waals surface area contributed by atoms with Gasteiger partial charge in [-0.15, -0.1) is 11.8 Å². The maximum Gasteiger partial charge on any atom is 0.119 e. The van der Waals surface area contributed by atoms with Crippen molar-refractivity contribution in [3.8, 4) is 5.75 Å². The monoisotopic (exact) mass is 383 g/mol. The minimum absolute atomic E-state index is 0.0893. The van der Waals surface area contributed by atoms with E-state index < -0.39 is 0 Å². The second-order valence-corrected chi connectivity index (χ2v) is 9.82. The van der Waals surface area contributed by atoms with E-state index in [0.717, 1.165) is 23.1 Å². The van der Waals surface area contributed by atoms with Gasteiger partial charge in [0.25, 0.3) is 0 Å². The Labute approximate surface area is 161 Å². The highest BCUT2D eigenvalue weighted by atomic mass is 35.5. The van der Waals surface area contributed by atoms with Crippen molar-refractivity contribution in [3.63, 3.8) is 0 Å². The van der Waals surface area contributed by atoms with Crippen LogP contribution >= 0.6 is 23.4 Å². The van der Waals surface area contributed by atoms with Crippen molar-refractivity contribution in [1.29, 1.82) is 0 Å². The van der Waals surface area contributed by atoms with Crippen LogP contribution in [0.4, 0.5) is 0 Å². The van der Waals surface area contributed by atoms with Gasteiger partial charge < -0.3 is 14.4 Å². The van der Waals surface area contributed by atoms with Crippen LogP contribution in [-0.4, -0.2) is 47.9 Å². The molecule has 2 atom stereocenters. The highest BCUT2D eigenvalue weighted by Crippen LogP contribution is 2.49. The molecule has 2 aliphatic heterocycles. The van der Waals surface area contributed by atoms with Crippen LogP contribution in [0, 0.1) is 5.41 Å². The van der Waals surface area contributed by atoms with Crippen LogP contribution in [0.2, 0.25) is 5.02 Å². The van der Waals surface area contributed by atoms with Crippen LogP contribution in [-0.2, 0) is 4.74 Å². The Morgan fingerprint density at radius 2 is 1.92 bits per heavy atom. The summed E-state index contributed by atoms with van der Waals surface area (Å²) in [4.78, 5) is 2.34. The van der Waals surface area contributed by atoms with Gasteiger partial charge in [-0.2, -0.15) is 0 Å². The zero-order valence-electron chi connectivity index (χ0n) is 15.6. The minimum atomic E-state index is -0.222. The SMILES string of the molecule is CC(C)(COc1ccc(Cl)cc1)C1(C)OC(CN2CCCCC2)CS1. The number of piperidine rings is 1. The fourth-order valence-corrected chi connectivity index (χ4v) is 4.90. The van der Waals surface area contributed by atoms with E-state index in [1.165, 1.54) is 32.4 Å². The summed E-state index contributed by atoms with van der Waals surface area (Å²) >= 11 is 7.88. The summed E-state index contributed by atoms with van der Waals surface area (Å²) in [5.41, 5.74) is -0.0893. The average Bonchev–Trinajstić information content (AvgIpc) is 2.98. The maximum absolute atomic E-state index is 6.54. The van der Waals surface area contributed by atoms with Gasteiger partial charge in [0.15, 0.2) is 0 Å². The predicted molar refractivity (Wildman–Crippen MR) is 107 cm³/mol. The van der Waals surface area contributed by atoms with E-state index in [9.17, 15) is 0 Å². The fraction of sp³-hybridized carbons (Fsp3) is 0.700. The van der Waals surface area contributed by atoms with Gasteiger partial charge >= 0.3 is 0 Å². The number of thioether (sulfide) groups is 1. The molecule has 0 radical (unpaired) electrons. The van der Waals surface area contributed by atoms with E-state index in [-0.39, 0.29) is 10.3 Å². The first-order valence-electron chi connectivity index (χ1n) is 9.30. The van der Waals surface area contributed by atoms with Crippen molar-refractivity contribution in [2.75, 3.05) is 32.0 Å². The Kier molecular flexibility index (Phi) is 6.25. The van der Waals surface area contributed by atoms with Gasteiger partial charge in [0, 0.05) is 22.7 Å². The lowest BCUT2D eigenvalue weighted by atomic mass is 9.87. The van der Waals surface area contributed by atoms with E-state index in [1.54, 1.807) is 0 Å². The zero-order valence-corrected chi connectivity index (χ0v) is 17.2. The molecule has 1 aromatic rings. The molecule has 0 aliphatic carbocycles. The number of nitrogens with zero attached hydrogens (tertiary/aromatic N) is 1. The Hall–Kier alpha value is -0.420. The lowest BCUT2D eigenvalue weighted by Crippen LogP contribution is -2.45. The van der Waals surface area contributed by atoms with Gasteiger partial charge in [-0.3, -0.25) is 0 Å². The van der Waals surface area contributed by atoms with Crippen LogP contribution in [0.1, 0.15) is 40.0 Å². The summed E-state index contributed by atoms with van der Waals surface area (Å²) in [5.74, 6) is 1.92. The molecule has 5 heteroatoms. The van der Waals surface area contributed by atoms with Crippen LogP contribution < -0.4 is 4.74 Å². The molecule has 3 nitrogen and oxygen atoms in total. The Balaban J connectivity index is 1.54. The smallest absolute Gasteiger partial charge is 0.119 e. The number of hydrogen-bond donors (Lipinski definition) is 0. The number of ether oxygens (including phenoxy) is 2. The van der Waals surface area contributed by atoms with Crippen molar-refractivity contribution in [1.82, 2.24) is 4.90 Å². The Morgan fingerprint density at radius 3 is 2.60 bits per heavy atom. The summed E-state index contributed by atoms with van der Waals surface area (Å²) in [6.07, 6.45) is 4.36. The minimum Gasteiger partial charge on any atom is -0.493 e. The molecule has 1 aromatic carbocycles. The quantitative estimate of drug-likeness (QED) is 0.682. The van der Waals surface area contributed by atoms with Crippen molar-refractivity contribution >= 4 is 23.4 Å². The topological polar surface area (TPSA) is 21.7 Å². The fourth-order valence-electron chi connectivity index (χ4n) is 3.44. The van der Waals surface area contributed by atoms with Gasteiger partial charge in [0.2, 0.25) is 0 Å². The summed E-state index contributed by atoms with van der Waals surface area (Å²) in [7, 11) is 0. The number of hydrogen-bond acceptors (Lipinski definition) is 4. The van der Waals surface area contributed by atoms with Crippen LogP contribution in [0.3, 0.4) is 0 Å². The third-order valence-electron chi connectivity index (χ3n) is 5.49. The zero-order chi connectivity index (χ0) is 17.9. The number of likely N-dealkylation sites (tertiary alicyclic amines) is 1. The maximum atomic E-state index is 6.54. The van der Waals surface area contributed by atoms with E-state index >= 15 is 0 Å². The molecule has 25 heavy (non-hydrogen) atoms. The first-order valence-corrected chi connectivity index (χ1v) is 10.7. The molecular formula is C20H30ClNO2S. The van der Waals surface area contributed by atoms with Gasteiger partial charge in [-0.25, -0.2) is 0 Å². The van der Waals surface area contributed by atoms with Crippen molar-refractivity contribution in [3.05, 3.63) is 29.3 Å². The highest BCUT2D eigenvalue weighted by Gasteiger charge is 2.49. The average molecular weight is 384 g/mol. The van der Waals surface area contributed by atoms with Crippen LogP contribution in [0.25, 0.3) is 0 Å². The highest BCUT2D eigenvalue weighted by molar-refractivity contribution is 8.00. The molecule has 2 fully saturated rings. The van der Waals surface area contributed by atoms with E-state index in [4.69, 9.17) is 21.1 Å². The molecule has 0 saturated carbocycles. The second-order valence-electron chi connectivity index (χ2n) is 7.98. The second kappa shape index (κ2) is 8.08. The molecule has 0 aromatic heterocycles. The summed E-state index contributed by atoms with van der Waals surface area (Å²) in [5, 5.41) is 0.730. The summed E-state index contributed by atoms with van der Waals surface area (Å²) < 4.78 is 12.6. The first-order chi connectivity index (χ1) is 11.9. The molecule has 0 amide bonds.